The van der Waals surface area contributed by atoms with E-state index in [0.717, 1.165) is 0 Å². The second-order valence-corrected chi connectivity index (χ2v) is 5.45. The molecule has 2 aliphatic rings. The summed E-state index contributed by atoms with van der Waals surface area (Å²) in [6.07, 6.45) is -4.02. The van der Waals surface area contributed by atoms with Gasteiger partial charge in [0.05, 0.1) is 0 Å². The van der Waals surface area contributed by atoms with Crippen LogP contribution in [0.5, 0.6) is 0 Å². The average Bonchev–Trinajstić information content (AvgIpc) is 2.90. The van der Waals surface area contributed by atoms with Crippen LogP contribution in [0.15, 0.2) is 4.99 Å². The summed E-state index contributed by atoms with van der Waals surface area (Å²) in [5, 5.41) is 32.5. The molecule has 0 spiro atoms. The van der Waals surface area contributed by atoms with Gasteiger partial charge in [-0.05, 0) is 0 Å². The zero-order valence-corrected chi connectivity index (χ0v) is 12.1. The molecule has 0 bridgehead atoms. The molecule has 1 aromatic heterocycles. The Morgan fingerprint density at radius 2 is 2.20 bits per heavy atom. The molecule has 110 valence electrons. The van der Waals surface area contributed by atoms with Crippen molar-refractivity contribution in [3.05, 3.63) is 15.2 Å². The van der Waals surface area contributed by atoms with E-state index in [2.05, 4.69) is 30.9 Å². The molecular weight excluding hydrogens is 333 g/mol. The number of aliphatic hydroxyl groups excluding tert-OH is 3. The van der Waals surface area contributed by atoms with Crippen molar-refractivity contribution < 1.29 is 20.1 Å². The summed E-state index contributed by atoms with van der Waals surface area (Å²) in [6.45, 7) is -0.0669. The molecule has 3 rings (SSSR count). The van der Waals surface area contributed by atoms with Gasteiger partial charge in [-0.1, -0.05) is 0 Å². The van der Waals surface area contributed by atoms with Crippen molar-refractivity contribution in [2.45, 2.75) is 24.5 Å². The van der Waals surface area contributed by atoms with E-state index >= 15 is 0 Å². The van der Waals surface area contributed by atoms with Crippen LogP contribution < -0.4 is 21.9 Å². The minimum atomic E-state index is -1.17. The molecule has 0 radical (unpaired) electrons. The predicted molar refractivity (Wildman–Crippen MR) is 67.2 cm³/mol. The number of H-pyrrole nitrogens is 1. The van der Waals surface area contributed by atoms with Gasteiger partial charge >= 0.3 is 120 Å². The number of aromatic nitrogens is 2. The molecule has 1 aromatic rings. The molecule has 0 aromatic carbocycles. The molecule has 7 N–H and O–H groups in total. The number of aromatic amines is 1. The van der Waals surface area contributed by atoms with Gasteiger partial charge in [0.2, 0.25) is 0 Å². The molecule has 0 aliphatic carbocycles. The van der Waals surface area contributed by atoms with Gasteiger partial charge in [-0.2, -0.15) is 0 Å². The minimum absolute atomic E-state index is 0.310. The van der Waals surface area contributed by atoms with Crippen molar-refractivity contribution in [3.63, 3.8) is 0 Å². The van der Waals surface area contributed by atoms with Crippen molar-refractivity contribution in [1.82, 2.24) is 14.9 Å². The molecule has 0 saturated carbocycles. The third-order valence-corrected chi connectivity index (χ3v) is 4.07. The van der Waals surface area contributed by atoms with Gasteiger partial charge in [0.1, 0.15) is 0 Å². The fourth-order valence-electron chi connectivity index (χ4n) is 2.40. The third-order valence-electron chi connectivity index (χ3n) is 3.44. The first-order valence-corrected chi connectivity index (χ1v) is 6.91. The molecule has 4 atom stereocenters. The van der Waals surface area contributed by atoms with Crippen LogP contribution in [-0.2, 0) is 4.74 Å². The molecule has 9 nitrogen and oxygen atoms in total. The fraction of sp³-hybridized carbons (Fsp3) is 0.600. The zero-order valence-electron chi connectivity index (χ0n) is 10.4. The van der Waals surface area contributed by atoms with Crippen LogP contribution in [0.3, 0.4) is 0 Å². The third kappa shape index (κ3) is 1.93. The van der Waals surface area contributed by atoms with E-state index in [4.69, 9.17) is 15.6 Å². The van der Waals surface area contributed by atoms with E-state index in [0.29, 0.717) is 27.7 Å². The molecule has 20 heavy (non-hydrogen) atoms. The maximum atomic E-state index is 10.1. The first-order valence-electron chi connectivity index (χ1n) is 6.05. The molecule has 1 fully saturated rings. The topological polar surface area (TPSA) is 141 Å². The van der Waals surface area contributed by atoms with E-state index in [9.17, 15) is 10.2 Å². The average molecular weight is 348 g/mol. The molecule has 3 heterocycles. The van der Waals surface area contributed by atoms with Gasteiger partial charge in [-0.25, -0.2) is 0 Å². The second kappa shape index (κ2) is 4.99. The number of fused-ring (bicyclic) bond motifs is 1. The molecule has 0 amide bonds. The van der Waals surface area contributed by atoms with Crippen molar-refractivity contribution in [3.8, 4) is 0 Å². The van der Waals surface area contributed by atoms with Crippen LogP contribution in [0, 0.1) is 4.32 Å². The summed E-state index contributed by atoms with van der Waals surface area (Å²) in [6, 6.07) is 0. The molecule has 10 heteroatoms. The quantitative estimate of drug-likeness (QED) is 0.297. The van der Waals surface area contributed by atoms with Gasteiger partial charge in [-0.3, -0.25) is 0 Å². The van der Waals surface area contributed by atoms with Gasteiger partial charge < -0.3 is 0 Å². The number of aliphatic hydroxyl groups is 3. The van der Waals surface area contributed by atoms with Crippen LogP contribution in [0.25, 0.3) is 5.82 Å². The van der Waals surface area contributed by atoms with Crippen LogP contribution in [0.1, 0.15) is 6.23 Å². The Morgan fingerprint density at radius 1 is 1.45 bits per heavy atom. The summed E-state index contributed by atoms with van der Waals surface area (Å²) in [4.78, 5) is 7.30. The Bertz CT molecular complexity index is 697. The Labute approximate surface area is 120 Å². The van der Waals surface area contributed by atoms with Gasteiger partial charge in [0.15, 0.2) is 0 Å². The molecule has 2 aliphatic heterocycles. The van der Waals surface area contributed by atoms with E-state index in [1.807, 2.05) is 0 Å². The van der Waals surface area contributed by atoms with Gasteiger partial charge in [0, 0.05) is 0 Å². The fourth-order valence-corrected chi connectivity index (χ4v) is 3.01. The number of rotatable bonds is 2. The van der Waals surface area contributed by atoms with Gasteiger partial charge in [0.25, 0.3) is 0 Å². The summed E-state index contributed by atoms with van der Waals surface area (Å²) >= 11 is 2.81. The van der Waals surface area contributed by atoms with Crippen LogP contribution >= 0.6 is 0 Å². The number of nitrogens with one attached hydrogen (secondary N) is 2. The standard InChI is InChI=1S/C10H15N5O4Se/c11-7-4-8(13-2-12-7)15(10(20)14-4)9-6(18)5(17)3(1-16)19-9/h3,5-6,9,12,16-18H,1-2,11H2,(H,14,20)/t3-,5-,6-,9-/m1/s1. The number of hydrogen-bond donors (Lipinski definition) is 6. The molecular formula is C10H15N5O4Se. The second-order valence-electron chi connectivity index (χ2n) is 4.63. The number of nitrogens with zero attached hydrogens (tertiary/aromatic N) is 2. The van der Waals surface area contributed by atoms with E-state index in [1.54, 1.807) is 4.57 Å². The van der Waals surface area contributed by atoms with Crippen molar-refractivity contribution in [2.24, 2.45) is 10.7 Å². The maximum absolute atomic E-state index is 10.1. The first kappa shape index (κ1) is 13.8. The van der Waals surface area contributed by atoms with E-state index in [-0.39, 0.29) is 6.61 Å². The first-order chi connectivity index (χ1) is 9.54. The number of nitrogens with two attached hydrogens (primary N) is 1. The normalized spacial score (nSPS) is 32.6. The Hall–Kier alpha value is -1.16. The van der Waals surface area contributed by atoms with Crippen LogP contribution in [0.2, 0.25) is 0 Å². The van der Waals surface area contributed by atoms with E-state index < -0.39 is 24.5 Å². The Kier molecular flexibility index (Phi) is 3.44. The Morgan fingerprint density at radius 3 is 2.85 bits per heavy atom. The number of imidazole rings is 1. The molecule has 1 saturated heterocycles. The summed E-state index contributed by atoms with van der Waals surface area (Å²) in [5.74, 6) is 0.442. The summed E-state index contributed by atoms with van der Waals surface area (Å²) in [7, 11) is 0. The van der Waals surface area contributed by atoms with Crippen molar-refractivity contribution >= 4 is 21.4 Å². The molecule has 0 unspecified atom stereocenters. The van der Waals surface area contributed by atoms with Crippen molar-refractivity contribution in [2.75, 3.05) is 13.3 Å². The monoisotopic (exact) mass is 349 g/mol. The van der Waals surface area contributed by atoms with Crippen LogP contribution in [0.4, 0.5) is 0 Å². The number of ether oxygens (including phenoxy) is 1. The van der Waals surface area contributed by atoms with Crippen molar-refractivity contribution in [1.29, 1.82) is 0 Å². The van der Waals surface area contributed by atoms with Crippen LogP contribution in [-0.4, -0.2) is 72.0 Å². The predicted octanol–water partition coefficient (Wildman–Crippen LogP) is -4.67. The zero-order chi connectivity index (χ0) is 14.4. The SMILES string of the molecule is NC1=c2[nH]c(=[Se])n([C@@H]3O[C@H](CO)[C@@H](O)[C@H]3O)c2=NCN1. The summed E-state index contributed by atoms with van der Waals surface area (Å²) in [5.41, 5.74) is 6.36. The Balaban J connectivity index is 2.14. The number of hydrogen-bond acceptors (Lipinski definition) is 7. The van der Waals surface area contributed by atoms with Gasteiger partial charge in [-0.15, -0.1) is 0 Å². The summed E-state index contributed by atoms with van der Waals surface area (Å²) < 4.78 is 7.65. The van der Waals surface area contributed by atoms with E-state index in [1.165, 1.54) is 0 Å².